The molecule has 0 unspecified atom stereocenters. The Balaban J connectivity index is 1.22. The van der Waals surface area contributed by atoms with Gasteiger partial charge in [0.25, 0.3) is 0 Å². The van der Waals surface area contributed by atoms with E-state index in [2.05, 4.69) is 102 Å². The standard InChI is InChI=1S/C38H25N3O/c39-26-31(27-40)37-25-35(42-38-14-8-7-13-36(37)38)24-17-28-15-18-29(19-16-28)30-20-22-34(23-21-30)41(32-9-3-1-4-10-32)33-11-5-2-6-12-33/h1-25H/b24-17+. The summed E-state index contributed by atoms with van der Waals surface area (Å²) >= 11 is 0. The van der Waals surface area contributed by atoms with Gasteiger partial charge in [-0.1, -0.05) is 97.1 Å². The molecule has 42 heavy (non-hydrogen) atoms. The molecule has 0 spiro atoms. The Morgan fingerprint density at radius 3 is 1.69 bits per heavy atom. The van der Waals surface area contributed by atoms with E-state index >= 15 is 0 Å². The fraction of sp³-hybridized carbons (Fsp3) is 0. The van der Waals surface area contributed by atoms with Crippen LogP contribution in [-0.4, -0.2) is 0 Å². The molecular formula is C38H25N3O. The number of ether oxygens (including phenoxy) is 1. The van der Waals surface area contributed by atoms with Crippen molar-refractivity contribution < 1.29 is 4.74 Å². The topological polar surface area (TPSA) is 60.0 Å². The molecule has 0 amide bonds. The van der Waals surface area contributed by atoms with Gasteiger partial charge in [0.2, 0.25) is 0 Å². The molecule has 6 rings (SSSR count). The normalized spacial score (nSPS) is 12.0. The fourth-order valence-corrected chi connectivity index (χ4v) is 4.96. The Morgan fingerprint density at radius 1 is 0.571 bits per heavy atom. The molecule has 0 N–H and O–H groups in total. The first kappa shape index (κ1) is 26.1. The van der Waals surface area contributed by atoms with Gasteiger partial charge in [0.1, 0.15) is 29.2 Å². The van der Waals surface area contributed by atoms with E-state index < -0.39 is 0 Å². The molecule has 4 heteroatoms. The van der Waals surface area contributed by atoms with Crippen molar-refractivity contribution in [2.24, 2.45) is 0 Å². The van der Waals surface area contributed by atoms with Crippen molar-refractivity contribution in [3.05, 3.63) is 168 Å². The van der Waals surface area contributed by atoms with Crippen LogP contribution < -0.4 is 9.64 Å². The van der Waals surface area contributed by atoms with Crippen LogP contribution in [0.15, 0.2) is 157 Å². The molecule has 0 saturated heterocycles. The number of benzene rings is 5. The first-order valence-corrected chi connectivity index (χ1v) is 13.6. The van der Waals surface area contributed by atoms with Gasteiger partial charge in [-0.05, 0) is 71.3 Å². The van der Waals surface area contributed by atoms with Crippen molar-refractivity contribution in [3.63, 3.8) is 0 Å². The lowest BCUT2D eigenvalue weighted by Crippen LogP contribution is -2.09. The van der Waals surface area contributed by atoms with Crippen molar-refractivity contribution in [2.45, 2.75) is 0 Å². The number of rotatable bonds is 6. The van der Waals surface area contributed by atoms with Crippen LogP contribution in [0.25, 0.3) is 22.8 Å². The summed E-state index contributed by atoms with van der Waals surface area (Å²) in [4.78, 5) is 2.24. The average molecular weight is 540 g/mol. The van der Waals surface area contributed by atoms with Crippen LogP contribution in [0.4, 0.5) is 17.1 Å². The second-order valence-electron chi connectivity index (χ2n) is 9.67. The van der Waals surface area contributed by atoms with Crippen molar-refractivity contribution in [3.8, 4) is 29.0 Å². The summed E-state index contributed by atoms with van der Waals surface area (Å²) in [5, 5.41) is 18.9. The largest absolute Gasteiger partial charge is 0.457 e. The number of para-hydroxylation sites is 3. The van der Waals surface area contributed by atoms with E-state index in [1.165, 1.54) is 0 Å². The van der Waals surface area contributed by atoms with E-state index in [-0.39, 0.29) is 5.57 Å². The summed E-state index contributed by atoms with van der Waals surface area (Å²) in [6.07, 6.45) is 5.55. The molecule has 5 aromatic rings. The first-order chi connectivity index (χ1) is 20.7. The highest BCUT2D eigenvalue weighted by Crippen LogP contribution is 2.37. The minimum absolute atomic E-state index is 0.0580. The number of anilines is 3. The van der Waals surface area contributed by atoms with Crippen LogP contribution in [0.2, 0.25) is 0 Å². The van der Waals surface area contributed by atoms with Gasteiger partial charge in [0, 0.05) is 28.2 Å². The Morgan fingerprint density at radius 2 is 1.10 bits per heavy atom. The average Bonchev–Trinajstić information content (AvgIpc) is 3.06. The number of hydrogen-bond donors (Lipinski definition) is 0. The van der Waals surface area contributed by atoms with Crippen LogP contribution in [0.3, 0.4) is 0 Å². The zero-order valence-corrected chi connectivity index (χ0v) is 22.7. The second-order valence-corrected chi connectivity index (χ2v) is 9.67. The van der Waals surface area contributed by atoms with E-state index in [4.69, 9.17) is 4.74 Å². The minimum Gasteiger partial charge on any atom is -0.457 e. The van der Waals surface area contributed by atoms with Gasteiger partial charge >= 0.3 is 0 Å². The van der Waals surface area contributed by atoms with Crippen molar-refractivity contribution in [1.29, 1.82) is 10.5 Å². The van der Waals surface area contributed by atoms with Gasteiger partial charge in [-0.15, -0.1) is 0 Å². The molecule has 0 atom stereocenters. The van der Waals surface area contributed by atoms with E-state index in [1.807, 2.05) is 60.7 Å². The third kappa shape index (κ3) is 5.47. The molecule has 0 saturated carbocycles. The van der Waals surface area contributed by atoms with E-state index in [0.717, 1.165) is 39.3 Å². The van der Waals surface area contributed by atoms with Crippen LogP contribution in [0.5, 0.6) is 5.75 Å². The van der Waals surface area contributed by atoms with Crippen molar-refractivity contribution >= 4 is 28.7 Å². The van der Waals surface area contributed by atoms with Gasteiger partial charge in [0.15, 0.2) is 0 Å². The van der Waals surface area contributed by atoms with Gasteiger partial charge in [-0.3, -0.25) is 0 Å². The lowest BCUT2D eigenvalue weighted by molar-refractivity contribution is 0.439. The number of nitriles is 2. The highest BCUT2D eigenvalue weighted by atomic mass is 16.5. The predicted molar refractivity (Wildman–Crippen MR) is 169 cm³/mol. The number of fused-ring (bicyclic) bond motifs is 1. The highest BCUT2D eigenvalue weighted by molar-refractivity contribution is 5.87. The number of allylic oxidation sites excluding steroid dienone is 4. The molecule has 0 aromatic heterocycles. The second kappa shape index (κ2) is 12.0. The zero-order valence-electron chi connectivity index (χ0n) is 22.7. The SMILES string of the molecule is N#CC(C#N)=C1C=C(/C=C/c2ccc(-c3ccc(N(c4ccccc4)c4ccccc4)cc3)cc2)Oc2ccccc21. The monoisotopic (exact) mass is 539 g/mol. The van der Waals surface area contributed by atoms with Crippen LogP contribution in [0.1, 0.15) is 11.1 Å². The summed E-state index contributed by atoms with van der Waals surface area (Å²) in [7, 11) is 0. The minimum atomic E-state index is 0.0580. The molecule has 0 bridgehead atoms. The van der Waals surface area contributed by atoms with Gasteiger partial charge in [-0.25, -0.2) is 0 Å². The molecule has 5 aromatic carbocycles. The summed E-state index contributed by atoms with van der Waals surface area (Å²) in [5.41, 5.74) is 7.90. The predicted octanol–water partition coefficient (Wildman–Crippen LogP) is 9.61. The molecule has 1 aliphatic heterocycles. The maximum atomic E-state index is 9.44. The molecule has 1 heterocycles. The van der Waals surface area contributed by atoms with Gasteiger partial charge in [-0.2, -0.15) is 10.5 Å². The fourth-order valence-electron chi connectivity index (χ4n) is 4.96. The molecule has 4 nitrogen and oxygen atoms in total. The summed E-state index contributed by atoms with van der Waals surface area (Å²) < 4.78 is 6.03. The number of hydrogen-bond acceptors (Lipinski definition) is 4. The maximum Gasteiger partial charge on any atom is 0.137 e. The highest BCUT2D eigenvalue weighted by Gasteiger charge is 2.18. The Bertz CT molecular complexity index is 1830. The number of nitrogens with zero attached hydrogens (tertiary/aromatic N) is 3. The Kier molecular flexibility index (Phi) is 7.45. The van der Waals surface area contributed by atoms with Crippen LogP contribution in [0, 0.1) is 22.7 Å². The van der Waals surface area contributed by atoms with Gasteiger partial charge in [0.05, 0.1) is 0 Å². The lowest BCUT2D eigenvalue weighted by atomic mass is 9.97. The molecular weight excluding hydrogens is 514 g/mol. The molecule has 0 fully saturated rings. The van der Waals surface area contributed by atoms with E-state index in [0.29, 0.717) is 17.1 Å². The third-order valence-corrected chi connectivity index (χ3v) is 7.02. The maximum absolute atomic E-state index is 9.44. The lowest BCUT2D eigenvalue weighted by Gasteiger charge is -2.25. The van der Waals surface area contributed by atoms with Gasteiger partial charge < -0.3 is 9.64 Å². The summed E-state index contributed by atoms with van der Waals surface area (Å²) in [6.45, 7) is 0. The zero-order chi connectivity index (χ0) is 28.7. The molecule has 198 valence electrons. The van der Waals surface area contributed by atoms with Crippen LogP contribution >= 0.6 is 0 Å². The Labute approximate surface area is 245 Å². The van der Waals surface area contributed by atoms with Crippen LogP contribution in [-0.2, 0) is 0 Å². The van der Waals surface area contributed by atoms with Crippen molar-refractivity contribution in [2.75, 3.05) is 4.90 Å². The molecule has 1 aliphatic rings. The molecule has 0 radical (unpaired) electrons. The summed E-state index contributed by atoms with van der Waals surface area (Å²) in [5.74, 6) is 1.18. The first-order valence-electron chi connectivity index (χ1n) is 13.6. The van der Waals surface area contributed by atoms with E-state index in [9.17, 15) is 10.5 Å². The Hall–Kier alpha value is -6.10. The van der Waals surface area contributed by atoms with Crippen molar-refractivity contribution in [1.82, 2.24) is 0 Å². The third-order valence-electron chi connectivity index (χ3n) is 7.02. The summed E-state index contributed by atoms with van der Waals surface area (Å²) in [6, 6.07) is 49.0. The smallest absolute Gasteiger partial charge is 0.137 e. The quantitative estimate of drug-likeness (QED) is 0.202. The molecule has 0 aliphatic carbocycles. The van der Waals surface area contributed by atoms with E-state index in [1.54, 1.807) is 6.08 Å².